The van der Waals surface area contributed by atoms with E-state index in [0.29, 0.717) is 0 Å². The molecule has 0 fully saturated rings. The van der Waals surface area contributed by atoms with Gasteiger partial charge in [0.25, 0.3) is 0 Å². The van der Waals surface area contributed by atoms with Gasteiger partial charge in [0.15, 0.2) is 0 Å². The van der Waals surface area contributed by atoms with Gasteiger partial charge in [0.1, 0.15) is 0 Å². The van der Waals surface area contributed by atoms with Crippen LogP contribution < -0.4 is 0 Å². The number of pyridine rings is 1. The fourth-order valence-corrected chi connectivity index (χ4v) is 1.15. The van der Waals surface area contributed by atoms with Crippen molar-refractivity contribution >= 4 is 5.57 Å². The zero-order chi connectivity index (χ0) is 11.3. The summed E-state index contributed by atoms with van der Waals surface area (Å²) in [5, 5.41) is 0. The van der Waals surface area contributed by atoms with Gasteiger partial charge >= 0.3 is 0 Å². The summed E-state index contributed by atoms with van der Waals surface area (Å²) in [6.45, 7) is 9.75. The van der Waals surface area contributed by atoms with E-state index in [1.165, 1.54) is 0 Å². The normalized spacial score (nSPS) is 10.9. The molecule has 0 atom stereocenters. The first kappa shape index (κ1) is 11.2. The molecule has 0 aliphatic rings. The largest absolute Gasteiger partial charge is 0.355 e. The van der Waals surface area contributed by atoms with Gasteiger partial charge in [-0.2, -0.15) is 0 Å². The Morgan fingerprint density at radius 2 is 2.00 bits per heavy atom. The van der Waals surface area contributed by atoms with Crippen LogP contribution in [0.5, 0.6) is 0 Å². The highest BCUT2D eigenvalue weighted by atomic mass is 15.1. The fourth-order valence-electron chi connectivity index (χ4n) is 1.15. The lowest BCUT2D eigenvalue weighted by Crippen LogP contribution is -2.06. The molecule has 1 aromatic heterocycles. The Morgan fingerprint density at radius 1 is 1.40 bits per heavy atom. The molecule has 1 rings (SSSR count). The van der Waals surface area contributed by atoms with E-state index in [-0.39, 0.29) is 0 Å². The van der Waals surface area contributed by atoms with Gasteiger partial charge in [-0.3, -0.25) is 4.98 Å². The monoisotopic (exact) mass is 200 g/mol. The van der Waals surface area contributed by atoms with Crippen molar-refractivity contribution in [1.82, 2.24) is 9.88 Å². The van der Waals surface area contributed by atoms with Gasteiger partial charge in [0, 0.05) is 25.1 Å². The lowest BCUT2D eigenvalue weighted by molar-refractivity contribution is 0.573. The Labute approximate surface area is 91.3 Å². The Kier molecular flexibility index (Phi) is 3.86. The smallest absolute Gasteiger partial charge is 0.0273 e. The Morgan fingerprint density at radius 3 is 2.53 bits per heavy atom. The van der Waals surface area contributed by atoms with Crippen LogP contribution in [-0.4, -0.2) is 16.9 Å². The molecule has 0 spiro atoms. The molecule has 2 nitrogen and oxygen atoms in total. The van der Waals surface area contributed by atoms with Gasteiger partial charge in [-0.25, -0.2) is 0 Å². The minimum atomic E-state index is 0.976. The molecule has 0 N–H and O–H groups in total. The second kappa shape index (κ2) is 5.15. The maximum atomic E-state index is 4.02. The summed E-state index contributed by atoms with van der Waals surface area (Å²) in [6, 6.07) is 3.89. The molecule has 0 bridgehead atoms. The van der Waals surface area contributed by atoms with Crippen LogP contribution in [0.25, 0.3) is 5.57 Å². The van der Waals surface area contributed by atoms with Crippen molar-refractivity contribution in [1.29, 1.82) is 0 Å². The van der Waals surface area contributed by atoms with Gasteiger partial charge in [0.05, 0.1) is 0 Å². The first-order valence-corrected chi connectivity index (χ1v) is 4.78. The summed E-state index contributed by atoms with van der Waals surface area (Å²) >= 11 is 0. The zero-order valence-electron chi connectivity index (χ0n) is 9.27. The van der Waals surface area contributed by atoms with Crippen molar-refractivity contribution in [2.75, 3.05) is 7.05 Å². The van der Waals surface area contributed by atoms with E-state index in [0.717, 1.165) is 16.8 Å². The van der Waals surface area contributed by atoms with Gasteiger partial charge in [-0.1, -0.05) is 13.2 Å². The highest BCUT2D eigenvalue weighted by Crippen LogP contribution is 2.15. The van der Waals surface area contributed by atoms with Crippen LogP contribution in [0.15, 0.2) is 55.7 Å². The standard InChI is InChI=1S/C13H16N2/c1-5-15(4)12(3)10-11(2)13-6-8-14-9-7-13/h5-10H,1-2H2,3-4H3/b12-10+. The second-order valence-electron chi connectivity index (χ2n) is 3.34. The average molecular weight is 200 g/mol. The minimum absolute atomic E-state index is 0.976. The van der Waals surface area contributed by atoms with Crippen LogP contribution >= 0.6 is 0 Å². The lowest BCUT2D eigenvalue weighted by atomic mass is 10.1. The van der Waals surface area contributed by atoms with Crippen molar-refractivity contribution in [2.45, 2.75) is 6.92 Å². The van der Waals surface area contributed by atoms with Crippen LogP contribution in [0, 0.1) is 0 Å². The van der Waals surface area contributed by atoms with Crippen LogP contribution in [0.4, 0.5) is 0 Å². The van der Waals surface area contributed by atoms with Crippen molar-refractivity contribution in [2.24, 2.45) is 0 Å². The molecular formula is C13H16N2. The molecule has 1 heterocycles. The predicted octanol–water partition coefficient (Wildman–Crippen LogP) is 3.07. The number of aromatic nitrogens is 1. The lowest BCUT2D eigenvalue weighted by Gasteiger charge is -2.14. The molecule has 0 saturated carbocycles. The van der Waals surface area contributed by atoms with E-state index in [4.69, 9.17) is 0 Å². The topological polar surface area (TPSA) is 16.1 Å². The highest BCUT2D eigenvalue weighted by molar-refractivity contribution is 5.72. The third-order valence-electron chi connectivity index (χ3n) is 2.26. The fraction of sp³-hybridized carbons (Fsp3) is 0.154. The molecule has 0 aromatic carbocycles. The van der Waals surface area contributed by atoms with Gasteiger partial charge in [-0.15, -0.1) is 0 Å². The van der Waals surface area contributed by atoms with E-state index in [2.05, 4.69) is 18.1 Å². The maximum absolute atomic E-state index is 4.02. The molecule has 1 aromatic rings. The summed E-state index contributed by atoms with van der Waals surface area (Å²) in [6.07, 6.45) is 7.32. The molecule has 0 unspecified atom stereocenters. The SMILES string of the molecule is C=CN(C)/C(C)=C/C(=C)c1ccncc1. The minimum Gasteiger partial charge on any atom is -0.355 e. The summed E-state index contributed by atoms with van der Waals surface area (Å²) in [4.78, 5) is 5.92. The Bertz CT molecular complexity index is 377. The molecule has 0 radical (unpaired) electrons. The third-order valence-corrected chi connectivity index (χ3v) is 2.26. The highest BCUT2D eigenvalue weighted by Gasteiger charge is 1.97. The van der Waals surface area contributed by atoms with Crippen LogP contribution in [-0.2, 0) is 0 Å². The van der Waals surface area contributed by atoms with Gasteiger partial charge < -0.3 is 4.90 Å². The first-order valence-electron chi connectivity index (χ1n) is 4.78. The quantitative estimate of drug-likeness (QED) is 0.694. The van der Waals surface area contributed by atoms with Crippen molar-refractivity contribution in [3.05, 3.63) is 61.2 Å². The van der Waals surface area contributed by atoms with Crippen molar-refractivity contribution in [3.8, 4) is 0 Å². The van der Waals surface area contributed by atoms with Crippen molar-refractivity contribution < 1.29 is 0 Å². The van der Waals surface area contributed by atoms with Crippen LogP contribution in [0.1, 0.15) is 12.5 Å². The molecule has 0 aliphatic heterocycles. The number of nitrogens with zero attached hydrogens (tertiary/aromatic N) is 2. The Balaban J connectivity index is 2.84. The van der Waals surface area contributed by atoms with Crippen LogP contribution in [0.3, 0.4) is 0 Å². The van der Waals surface area contributed by atoms with Gasteiger partial charge in [-0.05, 0) is 42.5 Å². The van der Waals surface area contributed by atoms with E-state index in [1.54, 1.807) is 18.6 Å². The summed E-state index contributed by atoms with van der Waals surface area (Å²) in [5.41, 5.74) is 3.16. The Hall–Kier alpha value is -1.83. The van der Waals surface area contributed by atoms with E-state index < -0.39 is 0 Å². The molecule has 15 heavy (non-hydrogen) atoms. The van der Waals surface area contributed by atoms with E-state index in [9.17, 15) is 0 Å². The summed E-state index contributed by atoms with van der Waals surface area (Å²) in [7, 11) is 1.96. The van der Waals surface area contributed by atoms with E-state index >= 15 is 0 Å². The number of allylic oxidation sites excluding steroid dienone is 3. The summed E-state index contributed by atoms with van der Waals surface area (Å²) < 4.78 is 0. The number of hydrogen-bond acceptors (Lipinski definition) is 2. The third kappa shape index (κ3) is 3.09. The molecule has 78 valence electrons. The number of rotatable bonds is 4. The summed E-state index contributed by atoms with van der Waals surface area (Å²) in [5.74, 6) is 0. The van der Waals surface area contributed by atoms with E-state index in [1.807, 2.05) is 37.1 Å². The molecule has 0 amide bonds. The predicted molar refractivity (Wildman–Crippen MR) is 65.0 cm³/mol. The molecular weight excluding hydrogens is 184 g/mol. The number of hydrogen-bond donors (Lipinski definition) is 0. The van der Waals surface area contributed by atoms with Crippen LogP contribution in [0.2, 0.25) is 0 Å². The first-order chi connectivity index (χ1) is 7.15. The second-order valence-corrected chi connectivity index (χ2v) is 3.34. The van der Waals surface area contributed by atoms with Crippen molar-refractivity contribution in [3.63, 3.8) is 0 Å². The molecule has 0 aliphatic carbocycles. The maximum Gasteiger partial charge on any atom is 0.0273 e. The zero-order valence-corrected chi connectivity index (χ0v) is 9.27. The molecule has 0 saturated heterocycles. The molecule has 2 heteroatoms. The van der Waals surface area contributed by atoms with Gasteiger partial charge in [0.2, 0.25) is 0 Å². The average Bonchev–Trinajstić information content (AvgIpc) is 2.29.